The summed E-state index contributed by atoms with van der Waals surface area (Å²) in [4.78, 5) is 11.3. The molecule has 0 amide bonds. The van der Waals surface area contributed by atoms with Crippen LogP contribution in [0.25, 0.3) is 0 Å². The normalized spacial score (nSPS) is 24.5. The second-order valence-electron chi connectivity index (χ2n) is 4.35. The number of rotatable bonds is 4. The molecular formula is C10H19NO4. The van der Waals surface area contributed by atoms with Gasteiger partial charge in [0.1, 0.15) is 5.41 Å². The number of nitrogens with one attached hydrogen (secondary N) is 1. The largest absolute Gasteiger partial charge is 0.481 e. The molecule has 0 aliphatic carbocycles. The van der Waals surface area contributed by atoms with Crippen LogP contribution in [0, 0.1) is 5.41 Å². The molecule has 0 aromatic carbocycles. The highest BCUT2D eigenvalue weighted by atomic mass is 16.5. The molecule has 15 heavy (non-hydrogen) atoms. The molecule has 0 spiro atoms. The van der Waals surface area contributed by atoms with E-state index in [2.05, 4.69) is 5.32 Å². The van der Waals surface area contributed by atoms with Crippen LogP contribution in [0.1, 0.15) is 19.8 Å². The molecule has 0 radical (unpaired) electrons. The van der Waals surface area contributed by atoms with Crippen LogP contribution in [-0.4, -0.2) is 48.6 Å². The average Bonchev–Trinajstić information content (AvgIpc) is 2.18. The fourth-order valence-electron chi connectivity index (χ4n) is 2.08. The second-order valence-corrected chi connectivity index (χ2v) is 4.35. The Morgan fingerprint density at radius 2 is 2.07 bits per heavy atom. The maximum Gasteiger partial charge on any atom is 0.314 e. The summed E-state index contributed by atoms with van der Waals surface area (Å²) in [5.41, 5.74) is -2.41. The number of aliphatic hydroxyl groups is 1. The van der Waals surface area contributed by atoms with Crippen molar-refractivity contribution in [3.63, 3.8) is 0 Å². The predicted octanol–water partition coefficient (Wildman–Crippen LogP) is -0.162. The van der Waals surface area contributed by atoms with Crippen molar-refractivity contribution in [3.8, 4) is 0 Å². The first-order valence-corrected chi connectivity index (χ1v) is 5.12. The van der Waals surface area contributed by atoms with Gasteiger partial charge in [0, 0.05) is 7.11 Å². The molecule has 0 bridgehead atoms. The van der Waals surface area contributed by atoms with Crippen molar-refractivity contribution in [2.45, 2.75) is 25.4 Å². The smallest absolute Gasteiger partial charge is 0.314 e. The van der Waals surface area contributed by atoms with Crippen LogP contribution in [0.15, 0.2) is 0 Å². The van der Waals surface area contributed by atoms with Gasteiger partial charge >= 0.3 is 5.97 Å². The molecule has 0 aromatic rings. The van der Waals surface area contributed by atoms with Gasteiger partial charge in [0.05, 0.1) is 12.2 Å². The number of carbonyl (C=O) groups is 1. The third-order valence-electron chi connectivity index (χ3n) is 3.36. The van der Waals surface area contributed by atoms with E-state index in [1.165, 1.54) is 7.11 Å². The first-order valence-electron chi connectivity index (χ1n) is 5.12. The summed E-state index contributed by atoms with van der Waals surface area (Å²) >= 11 is 0. The van der Waals surface area contributed by atoms with Gasteiger partial charge in [0.2, 0.25) is 0 Å². The van der Waals surface area contributed by atoms with Crippen molar-refractivity contribution < 1.29 is 19.7 Å². The molecule has 1 aliphatic heterocycles. The van der Waals surface area contributed by atoms with Gasteiger partial charge in [-0.2, -0.15) is 0 Å². The third-order valence-corrected chi connectivity index (χ3v) is 3.36. The topological polar surface area (TPSA) is 78.8 Å². The molecule has 1 saturated heterocycles. The van der Waals surface area contributed by atoms with E-state index in [0.717, 1.165) is 0 Å². The van der Waals surface area contributed by atoms with E-state index >= 15 is 0 Å². The van der Waals surface area contributed by atoms with Crippen molar-refractivity contribution in [2.24, 2.45) is 5.41 Å². The van der Waals surface area contributed by atoms with E-state index in [1.54, 1.807) is 6.92 Å². The fourth-order valence-corrected chi connectivity index (χ4v) is 2.08. The third kappa shape index (κ3) is 2.14. The first kappa shape index (κ1) is 12.4. The lowest BCUT2D eigenvalue weighted by atomic mass is 9.69. The molecule has 3 N–H and O–H groups in total. The quantitative estimate of drug-likeness (QED) is 0.609. The van der Waals surface area contributed by atoms with Crippen molar-refractivity contribution >= 4 is 5.97 Å². The van der Waals surface area contributed by atoms with Gasteiger partial charge in [-0.15, -0.1) is 0 Å². The van der Waals surface area contributed by atoms with Crippen molar-refractivity contribution in [2.75, 3.05) is 26.8 Å². The number of hydrogen-bond donors (Lipinski definition) is 3. The molecule has 0 saturated carbocycles. The number of ether oxygens (including phenoxy) is 1. The van der Waals surface area contributed by atoms with Crippen LogP contribution in [0.3, 0.4) is 0 Å². The standard InChI is InChI=1S/C10H19NO4/c1-9(7-15-2,8(12)13)10(14)3-5-11-6-4-10/h11,14H,3-7H2,1-2H3,(H,12,13). The highest BCUT2D eigenvalue weighted by molar-refractivity contribution is 5.76. The highest BCUT2D eigenvalue weighted by Crippen LogP contribution is 2.38. The van der Waals surface area contributed by atoms with Gasteiger partial charge < -0.3 is 20.3 Å². The summed E-state index contributed by atoms with van der Waals surface area (Å²) in [5.74, 6) is -1.01. The summed E-state index contributed by atoms with van der Waals surface area (Å²) in [7, 11) is 1.45. The highest BCUT2D eigenvalue weighted by Gasteiger charge is 2.52. The number of carboxylic acid groups (broad SMARTS) is 1. The van der Waals surface area contributed by atoms with Crippen LogP contribution in [0.5, 0.6) is 0 Å². The zero-order valence-electron chi connectivity index (χ0n) is 9.25. The number of hydrogen-bond acceptors (Lipinski definition) is 4. The molecule has 5 nitrogen and oxygen atoms in total. The SMILES string of the molecule is COCC(C)(C(=O)O)C1(O)CCNCC1. The molecule has 1 fully saturated rings. The summed E-state index contributed by atoms with van der Waals surface area (Å²) in [6, 6.07) is 0. The minimum absolute atomic E-state index is 0.0266. The van der Waals surface area contributed by atoms with Gasteiger partial charge in [-0.05, 0) is 32.9 Å². The van der Waals surface area contributed by atoms with E-state index in [1.807, 2.05) is 0 Å². The number of piperidine rings is 1. The molecule has 5 heteroatoms. The fraction of sp³-hybridized carbons (Fsp3) is 0.900. The Morgan fingerprint density at radius 3 is 2.47 bits per heavy atom. The van der Waals surface area contributed by atoms with Crippen LogP contribution in [0.2, 0.25) is 0 Å². The maximum atomic E-state index is 11.3. The lowest BCUT2D eigenvalue weighted by molar-refractivity contribution is -0.179. The average molecular weight is 217 g/mol. The van der Waals surface area contributed by atoms with Crippen molar-refractivity contribution in [1.82, 2.24) is 5.32 Å². The Morgan fingerprint density at radius 1 is 1.53 bits per heavy atom. The van der Waals surface area contributed by atoms with Gasteiger partial charge in [0.25, 0.3) is 0 Å². The lowest BCUT2D eigenvalue weighted by Gasteiger charge is -2.44. The van der Waals surface area contributed by atoms with Crippen LogP contribution < -0.4 is 5.32 Å². The minimum atomic E-state index is -1.23. The van der Waals surface area contributed by atoms with Gasteiger partial charge in [-0.3, -0.25) is 4.79 Å². The minimum Gasteiger partial charge on any atom is -0.481 e. The Kier molecular flexibility index (Phi) is 3.70. The summed E-state index contributed by atoms with van der Waals surface area (Å²) in [6.45, 7) is 2.86. The molecule has 1 heterocycles. The van der Waals surface area contributed by atoms with Gasteiger partial charge in [0.15, 0.2) is 0 Å². The Balaban J connectivity index is 2.90. The molecular weight excluding hydrogens is 198 g/mol. The molecule has 1 atom stereocenters. The summed E-state index contributed by atoms with van der Waals surface area (Å²) in [5, 5.41) is 22.7. The second kappa shape index (κ2) is 4.47. The first-order chi connectivity index (χ1) is 6.96. The molecule has 1 unspecified atom stereocenters. The Hall–Kier alpha value is -0.650. The van der Waals surface area contributed by atoms with Crippen LogP contribution in [0.4, 0.5) is 0 Å². The van der Waals surface area contributed by atoms with Gasteiger partial charge in [-0.1, -0.05) is 0 Å². The van der Waals surface area contributed by atoms with Crippen molar-refractivity contribution in [3.05, 3.63) is 0 Å². The molecule has 1 aliphatic rings. The van der Waals surface area contributed by atoms with Crippen molar-refractivity contribution in [1.29, 1.82) is 0 Å². The Bertz CT molecular complexity index is 238. The number of methoxy groups -OCH3 is 1. The summed E-state index contributed by atoms with van der Waals surface area (Å²) < 4.78 is 4.93. The van der Waals surface area contributed by atoms with E-state index < -0.39 is 17.0 Å². The zero-order valence-corrected chi connectivity index (χ0v) is 9.25. The maximum absolute atomic E-state index is 11.3. The monoisotopic (exact) mass is 217 g/mol. The Labute approximate surface area is 89.4 Å². The van der Waals surface area contributed by atoms with E-state index in [-0.39, 0.29) is 6.61 Å². The lowest BCUT2D eigenvalue weighted by Crippen LogP contribution is -2.58. The summed E-state index contributed by atoms with van der Waals surface area (Å²) in [6.07, 6.45) is 0.887. The van der Waals surface area contributed by atoms with E-state index in [9.17, 15) is 15.0 Å². The van der Waals surface area contributed by atoms with Crippen LogP contribution >= 0.6 is 0 Å². The van der Waals surface area contributed by atoms with E-state index in [0.29, 0.717) is 25.9 Å². The predicted molar refractivity (Wildman–Crippen MR) is 54.7 cm³/mol. The molecule has 0 aromatic heterocycles. The molecule has 1 rings (SSSR count). The van der Waals surface area contributed by atoms with E-state index in [4.69, 9.17) is 4.74 Å². The van der Waals surface area contributed by atoms with Gasteiger partial charge in [-0.25, -0.2) is 0 Å². The number of aliphatic carboxylic acids is 1. The molecule has 88 valence electrons. The zero-order chi connectivity index (χ0) is 11.5. The van der Waals surface area contributed by atoms with Crippen LogP contribution in [-0.2, 0) is 9.53 Å². The number of carboxylic acids is 1.